The van der Waals surface area contributed by atoms with Gasteiger partial charge in [-0.2, -0.15) is 0 Å². The normalized spacial score (nSPS) is 11.6. The van der Waals surface area contributed by atoms with Crippen LogP contribution in [0.3, 0.4) is 0 Å². The number of hydrogen-bond acceptors (Lipinski definition) is 3. The third kappa shape index (κ3) is 5.24. The summed E-state index contributed by atoms with van der Waals surface area (Å²) < 4.78 is 9.66. The zero-order valence-electron chi connectivity index (χ0n) is 29.8. The molecular weight excluding hydrogens is 687 g/mol. The lowest BCUT2D eigenvalue weighted by Crippen LogP contribution is -2.10. The number of hydrogen-bond donors (Lipinski definition) is 0. The molecule has 258 valence electrons. The van der Waals surface area contributed by atoms with Crippen LogP contribution in [-0.4, -0.2) is 0 Å². The van der Waals surface area contributed by atoms with Gasteiger partial charge in [0.15, 0.2) is 5.58 Å². The van der Waals surface area contributed by atoms with Crippen molar-refractivity contribution in [2.75, 3.05) is 4.90 Å². The fourth-order valence-corrected chi connectivity index (χ4v) is 9.44. The van der Waals surface area contributed by atoms with Crippen LogP contribution in [0, 0.1) is 0 Å². The van der Waals surface area contributed by atoms with Crippen molar-refractivity contribution in [2.24, 2.45) is 0 Å². The van der Waals surface area contributed by atoms with Gasteiger partial charge < -0.3 is 9.32 Å². The molecule has 0 N–H and O–H groups in total. The first-order valence-corrected chi connectivity index (χ1v) is 19.5. The summed E-state index contributed by atoms with van der Waals surface area (Å²) in [7, 11) is 0. The molecule has 0 saturated carbocycles. The second kappa shape index (κ2) is 12.9. The molecule has 0 atom stereocenters. The number of nitrogens with zero attached hydrogens (tertiary/aromatic N) is 1. The Morgan fingerprint density at radius 2 is 0.873 bits per heavy atom. The molecule has 0 fully saturated rings. The zero-order valence-corrected chi connectivity index (χ0v) is 30.6. The van der Waals surface area contributed by atoms with E-state index in [1.807, 2.05) is 11.3 Å². The summed E-state index contributed by atoms with van der Waals surface area (Å²) in [5.41, 5.74) is 12.1. The summed E-state index contributed by atoms with van der Waals surface area (Å²) in [6.07, 6.45) is 0. The molecule has 2 aromatic heterocycles. The summed E-state index contributed by atoms with van der Waals surface area (Å²) in [6, 6.07) is 71.9. The number of furan rings is 1. The Kier molecular flexibility index (Phi) is 7.39. The van der Waals surface area contributed by atoms with E-state index in [1.54, 1.807) is 0 Å². The van der Waals surface area contributed by atoms with Crippen LogP contribution in [-0.2, 0) is 0 Å². The van der Waals surface area contributed by atoms with Gasteiger partial charge in [-0.3, -0.25) is 0 Å². The smallest absolute Gasteiger partial charge is 0.159 e. The van der Waals surface area contributed by atoms with Crippen molar-refractivity contribution in [3.05, 3.63) is 200 Å². The number of benzene rings is 9. The molecular formula is C52H33NOS. The minimum Gasteiger partial charge on any atom is -0.453 e. The third-order valence-corrected chi connectivity index (χ3v) is 12.0. The Hall–Kier alpha value is -6.94. The van der Waals surface area contributed by atoms with Gasteiger partial charge >= 0.3 is 0 Å². The minimum absolute atomic E-state index is 0.860. The van der Waals surface area contributed by atoms with Crippen LogP contribution in [0.2, 0.25) is 0 Å². The van der Waals surface area contributed by atoms with Crippen molar-refractivity contribution in [1.29, 1.82) is 0 Å². The SMILES string of the molecule is c1ccc(-c2ccc(N(c3ccc(-c4cccc5sc6ccccc6c45)cc3)c3cccc4c3oc3c5ccccc5c(-c5ccccc5)cc43)cc2)cc1. The lowest BCUT2D eigenvalue weighted by Gasteiger charge is -2.26. The highest BCUT2D eigenvalue weighted by Gasteiger charge is 2.22. The Balaban J connectivity index is 1.11. The van der Waals surface area contributed by atoms with E-state index in [9.17, 15) is 0 Å². The summed E-state index contributed by atoms with van der Waals surface area (Å²) in [6.45, 7) is 0. The third-order valence-electron chi connectivity index (χ3n) is 10.9. The van der Waals surface area contributed by atoms with Crippen LogP contribution in [0.5, 0.6) is 0 Å². The Morgan fingerprint density at radius 3 is 1.62 bits per heavy atom. The fraction of sp³-hybridized carbons (Fsp3) is 0. The first-order valence-electron chi connectivity index (χ1n) is 18.7. The van der Waals surface area contributed by atoms with Crippen LogP contribution in [0.25, 0.3) is 86.3 Å². The standard InChI is InChI=1S/C52H33NOS/c1-3-13-34(14-4-1)35-25-29-38(30-26-35)53(39-31-27-37(28-32-39)40-20-12-24-49-50(40)44-19-9-10-23-48(44)55-49)47-22-11-21-43-46-33-45(36-15-5-2-6-16-36)41-17-7-8-18-42(41)51(46)54-52(43)47/h1-33H. The average molecular weight is 720 g/mol. The molecule has 0 unspecified atom stereocenters. The monoisotopic (exact) mass is 719 g/mol. The molecule has 9 aromatic carbocycles. The fourth-order valence-electron chi connectivity index (χ4n) is 8.30. The number of thiophene rings is 1. The van der Waals surface area contributed by atoms with E-state index < -0.39 is 0 Å². The number of anilines is 3. The van der Waals surface area contributed by atoms with Gasteiger partial charge in [-0.25, -0.2) is 0 Å². The maximum absolute atomic E-state index is 7.04. The number of fused-ring (bicyclic) bond motifs is 8. The molecule has 0 bridgehead atoms. The largest absolute Gasteiger partial charge is 0.453 e. The quantitative estimate of drug-likeness (QED) is 0.170. The van der Waals surface area contributed by atoms with E-state index in [0.29, 0.717) is 0 Å². The highest BCUT2D eigenvalue weighted by Crippen LogP contribution is 2.46. The molecule has 2 heterocycles. The van der Waals surface area contributed by atoms with Crippen LogP contribution in [0.1, 0.15) is 0 Å². The van der Waals surface area contributed by atoms with Crippen LogP contribution >= 0.6 is 11.3 Å². The maximum Gasteiger partial charge on any atom is 0.159 e. The highest BCUT2D eigenvalue weighted by atomic mass is 32.1. The predicted octanol–water partition coefficient (Wildman–Crippen LogP) is 15.6. The van der Waals surface area contributed by atoms with E-state index in [0.717, 1.165) is 44.4 Å². The summed E-state index contributed by atoms with van der Waals surface area (Å²) in [5.74, 6) is 0. The van der Waals surface area contributed by atoms with Crippen molar-refractivity contribution in [3.63, 3.8) is 0 Å². The molecule has 55 heavy (non-hydrogen) atoms. The summed E-state index contributed by atoms with van der Waals surface area (Å²) in [4.78, 5) is 2.34. The first kappa shape index (κ1) is 31.6. The summed E-state index contributed by atoms with van der Waals surface area (Å²) in [5, 5.41) is 7.12. The van der Waals surface area contributed by atoms with Crippen LogP contribution in [0.15, 0.2) is 205 Å². The maximum atomic E-state index is 7.04. The molecule has 0 amide bonds. The number of rotatable bonds is 6. The molecule has 2 nitrogen and oxygen atoms in total. The van der Waals surface area contributed by atoms with E-state index in [4.69, 9.17) is 4.42 Å². The van der Waals surface area contributed by atoms with Gasteiger partial charge in [-0.1, -0.05) is 152 Å². The van der Waals surface area contributed by atoms with Crippen LogP contribution in [0.4, 0.5) is 17.1 Å². The molecule has 0 spiro atoms. The Morgan fingerprint density at radius 1 is 0.345 bits per heavy atom. The molecule has 11 rings (SSSR count). The molecule has 11 aromatic rings. The lowest BCUT2D eigenvalue weighted by atomic mass is 9.95. The molecule has 3 heteroatoms. The van der Waals surface area contributed by atoms with Crippen molar-refractivity contribution < 1.29 is 4.42 Å². The van der Waals surface area contributed by atoms with Gasteiger partial charge in [0.25, 0.3) is 0 Å². The van der Waals surface area contributed by atoms with E-state index in [2.05, 4.69) is 205 Å². The highest BCUT2D eigenvalue weighted by molar-refractivity contribution is 7.25. The average Bonchev–Trinajstić information content (AvgIpc) is 3.84. The van der Waals surface area contributed by atoms with E-state index >= 15 is 0 Å². The summed E-state index contributed by atoms with van der Waals surface area (Å²) >= 11 is 1.86. The molecule has 0 saturated heterocycles. The molecule has 0 radical (unpaired) electrons. The second-order valence-electron chi connectivity index (χ2n) is 14.0. The predicted molar refractivity (Wildman–Crippen MR) is 235 cm³/mol. The van der Waals surface area contributed by atoms with Gasteiger partial charge in [-0.05, 0) is 87.3 Å². The van der Waals surface area contributed by atoms with Crippen molar-refractivity contribution in [1.82, 2.24) is 0 Å². The topological polar surface area (TPSA) is 16.4 Å². The molecule has 0 aliphatic heterocycles. The van der Waals surface area contributed by atoms with Crippen LogP contribution < -0.4 is 4.90 Å². The number of para-hydroxylation sites is 1. The van der Waals surface area contributed by atoms with Gasteiger partial charge in [0.05, 0.1) is 5.69 Å². The van der Waals surface area contributed by atoms with Gasteiger partial charge in [-0.15, -0.1) is 11.3 Å². The van der Waals surface area contributed by atoms with E-state index in [1.165, 1.54) is 58.9 Å². The van der Waals surface area contributed by atoms with Gasteiger partial charge in [0.2, 0.25) is 0 Å². The van der Waals surface area contributed by atoms with Crippen molar-refractivity contribution in [2.45, 2.75) is 0 Å². The zero-order chi connectivity index (χ0) is 36.3. The second-order valence-corrected chi connectivity index (χ2v) is 15.1. The molecule has 0 aliphatic carbocycles. The van der Waals surface area contributed by atoms with Crippen molar-refractivity contribution >= 4 is 81.3 Å². The van der Waals surface area contributed by atoms with Crippen molar-refractivity contribution in [3.8, 4) is 33.4 Å². The lowest BCUT2D eigenvalue weighted by molar-refractivity contribution is 0.673. The van der Waals surface area contributed by atoms with E-state index in [-0.39, 0.29) is 0 Å². The van der Waals surface area contributed by atoms with Gasteiger partial charge in [0, 0.05) is 47.7 Å². The Bertz CT molecular complexity index is 3180. The van der Waals surface area contributed by atoms with Gasteiger partial charge in [0.1, 0.15) is 5.58 Å². The minimum atomic E-state index is 0.860. The molecule has 0 aliphatic rings. The first-order chi connectivity index (χ1) is 27.3. The Labute approximate surface area is 322 Å².